The van der Waals surface area contributed by atoms with Crippen LogP contribution in [0.25, 0.3) is 0 Å². The number of fused-ring (bicyclic) bond motifs is 2. The molecular weight excluding hydrogens is 646 g/mol. The second-order valence-corrected chi connectivity index (χ2v) is 17.4. The SMILES string of the molecule is C=C1CCCC2=NCC(C)C(C)CC23CCC(C2C=C(C)C(=O)O2)=C(C)C3C=C(C)C(O)CC2CCC3(CCC4(OC(CCC4(O)CO)C1)O3)O2. The molecule has 51 heavy (non-hydrogen) atoms. The number of allylic oxidation sites excluding steroid dienone is 2. The highest BCUT2D eigenvalue weighted by atomic mass is 16.8. The molecule has 282 valence electrons. The Morgan fingerprint density at radius 2 is 1.75 bits per heavy atom. The standard InChI is InChI=1S/C42H61NO8/c1-25-8-7-9-37-39(22-28(4)29(5)23-43-37)13-12-33(36-20-27(3)38(46)48-36)30(6)34(39)19-26(2)35(45)21-32-11-15-41(49-32)16-17-42(51-41)40(47,24-44)14-10-31(18-25)50-42/h19-20,28-29,31-32,34-36,44-45,47H,1,7-18,21-24H2,2-6H3. The van der Waals surface area contributed by atoms with E-state index in [9.17, 15) is 20.1 Å². The Kier molecular flexibility index (Phi) is 10.2. The molecule has 6 heterocycles. The van der Waals surface area contributed by atoms with Gasteiger partial charge in [-0.05, 0) is 114 Å². The second kappa shape index (κ2) is 13.9. The minimum atomic E-state index is -1.51. The molecular formula is C42H61NO8. The summed E-state index contributed by atoms with van der Waals surface area (Å²) in [4.78, 5) is 17.9. The summed E-state index contributed by atoms with van der Waals surface area (Å²) in [7, 11) is 0. The van der Waals surface area contributed by atoms with Crippen molar-refractivity contribution >= 4 is 11.7 Å². The molecule has 7 aliphatic rings. The highest BCUT2D eigenvalue weighted by Gasteiger charge is 2.65. The molecule has 1 aliphatic carbocycles. The number of ether oxygens (including phenoxy) is 4. The van der Waals surface area contributed by atoms with Crippen LogP contribution in [-0.2, 0) is 23.7 Å². The number of rotatable bonds is 2. The maximum Gasteiger partial charge on any atom is 0.334 e. The first-order valence-electron chi connectivity index (χ1n) is 19.8. The fourth-order valence-corrected chi connectivity index (χ4v) is 10.6. The molecule has 6 aliphatic heterocycles. The van der Waals surface area contributed by atoms with E-state index in [0.29, 0.717) is 62.4 Å². The summed E-state index contributed by atoms with van der Waals surface area (Å²) in [5.74, 6) is -1.58. The van der Waals surface area contributed by atoms with Crippen molar-refractivity contribution in [2.75, 3.05) is 13.2 Å². The molecule has 0 amide bonds. The predicted octanol–water partition coefficient (Wildman–Crippen LogP) is 6.80. The Morgan fingerprint density at radius 1 is 0.961 bits per heavy atom. The maximum atomic E-state index is 12.5. The number of aliphatic imine (C=N–C) groups is 1. The van der Waals surface area contributed by atoms with Crippen LogP contribution in [0.2, 0.25) is 0 Å². The van der Waals surface area contributed by atoms with Gasteiger partial charge in [-0.15, -0.1) is 0 Å². The quantitative estimate of drug-likeness (QED) is 0.211. The summed E-state index contributed by atoms with van der Waals surface area (Å²) < 4.78 is 25.9. The molecule has 9 nitrogen and oxygen atoms in total. The monoisotopic (exact) mass is 707 g/mol. The Balaban J connectivity index is 1.26. The van der Waals surface area contributed by atoms with Gasteiger partial charge in [0.25, 0.3) is 0 Å². The van der Waals surface area contributed by atoms with E-state index in [2.05, 4.69) is 33.4 Å². The van der Waals surface area contributed by atoms with E-state index in [4.69, 9.17) is 23.9 Å². The van der Waals surface area contributed by atoms with Crippen LogP contribution in [0.1, 0.15) is 125 Å². The molecule has 4 bridgehead atoms. The van der Waals surface area contributed by atoms with E-state index in [0.717, 1.165) is 62.6 Å². The predicted molar refractivity (Wildman–Crippen MR) is 195 cm³/mol. The van der Waals surface area contributed by atoms with Crippen LogP contribution in [-0.4, -0.2) is 81.7 Å². The number of carbonyl (C=O) groups is 1. The molecule has 3 fully saturated rings. The Hall–Kier alpha value is -2.14. The molecule has 3 N–H and O–H groups in total. The summed E-state index contributed by atoms with van der Waals surface area (Å²) in [6, 6.07) is 0. The zero-order valence-electron chi connectivity index (χ0n) is 31.5. The first-order chi connectivity index (χ1) is 24.2. The van der Waals surface area contributed by atoms with Crippen molar-refractivity contribution in [1.29, 1.82) is 0 Å². The van der Waals surface area contributed by atoms with Gasteiger partial charge in [-0.25, -0.2) is 4.79 Å². The van der Waals surface area contributed by atoms with E-state index < -0.39 is 29.9 Å². The van der Waals surface area contributed by atoms with Gasteiger partial charge in [0.15, 0.2) is 5.79 Å². The van der Waals surface area contributed by atoms with Crippen LogP contribution in [0.4, 0.5) is 0 Å². The number of hydrogen-bond donors (Lipinski definition) is 3. The molecule has 0 radical (unpaired) electrons. The summed E-state index contributed by atoms with van der Waals surface area (Å²) in [5, 5.41) is 33.9. The first kappa shape index (κ1) is 37.2. The number of aliphatic hydroxyl groups excluding tert-OH is 2. The molecule has 7 rings (SSSR count). The van der Waals surface area contributed by atoms with Gasteiger partial charge in [0.05, 0.1) is 24.9 Å². The Bertz CT molecular complexity index is 1530. The highest BCUT2D eigenvalue weighted by molar-refractivity contribution is 5.92. The molecule has 11 unspecified atom stereocenters. The number of nitrogens with zero attached hydrogens (tertiary/aromatic N) is 1. The smallest absolute Gasteiger partial charge is 0.334 e. The number of hydrogen-bond acceptors (Lipinski definition) is 9. The van der Waals surface area contributed by atoms with Gasteiger partial charge in [0.1, 0.15) is 11.7 Å². The number of aliphatic hydroxyl groups is 3. The molecule has 3 spiro atoms. The van der Waals surface area contributed by atoms with Crippen molar-refractivity contribution < 1.29 is 39.1 Å². The fourth-order valence-electron chi connectivity index (χ4n) is 10.6. The lowest BCUT2D eigenvalue weighted by molar-refractivity contribution is -0.394. The van der Waals surface area contributed by atoms with Crippen LogP contribution >= 0.6 is 0 Å². The van der Waals surface area contributed by atoms with Crippen molar-refractivity contribution in [2.45, 2.75) is 166 Å². The third-order valence-corrected chi connectivity index (χ3v) is 14.0. The molecule has 3 saturated heterocycles. The zero-order valence-corrected chi connectivity index (χ0v) is 31.5. The lowest BCUT2D eigenvalue weighted by atomic mass is 9.56. The second-order valence-electron chi connectivity index (χ2n) is 17.4. The van der Waals surface area contributed by atoms with E-state index in [1.165, 1.54) is 16.9 Å². The van der Waals surface area contributed by atoms with Crippen LogP contribution in [0.15, 0.2) is 51.6 Å². The van der Waals surface area contributed by atoms with Crippen molar-refractivity contribution in [1.82, 2.24) is 0 Å². The largest absolute Gasteiger partial charge is 0.450 e. The molecule has 11 atom stereocenters. The van der Waals surface area contributed by atoms with Gasteiger partial charge in [0.2, 0.25) is 5.79 Å². The van der Waals surface area contributed by atoms with Crippen LogP contribution in [0.5, 0.6) is 0 Å². The number of carbonyl (C=O) groups excluding carboxylic acids is 1. The maximum absolute atomic E-state index is 12.5. The highest BCUT2D eigenvalue weighted by Crippen LogP contribution is 2.56. The summed E-state index contributed by atoms with van der Waals surface area (Å²) in [5.41, 5.74) is 4.62. The molecule has 0 saturated carbocycles. The number of esters is 1. The van der Waals surface area contributed by atoms with Crippen LogP contribution < -0.4 is 0 Å². The lowest BCUT2D eigenvalue weighted by Crippen LogP contribution is -2.63. The van der Waals surface area contributed by atoms with Crippen molar-refractivity contribution in [2.24, 2.45) is 28.2 Å². The minimum Gasteiger partial charge on any atom is -0.450 e. The van der Waals surface area contributed by atoms with Gasteiger partial charge >= 0.3 is 5.97 Å². The van der Waals surface area contributed by atoms with Gasteiger partial charge in [-0.3, -0.25) is 4.99 Å². The van der Waals surface area contributed by atoms with E-state index in [1.54, 1.807) is 0 Å². The fraction of sp³-hybridized carbons (Fsp3) is 0.762. The molecule has 0 aromatic heterocycles. The van der Waals surface area contributed by atoms with Crippen molar-refractivity contribution in [3.05, 3.63) is 46.6 Å². The van der Waals surface area contributed by atoms with Gasteiger partial charge in [0, 0.05) is 54.8 Å². The normalized spacial score (nSPS) is 45.3. The molecule has 0 aromatic rings. The third-order valence-electron chi connectivity index (χ3n) is 14.0. The Labute approximate surface area is 304 Å². The average molecular weight is 708 g/mol. The van der Waals surface area contributed by atoms with Crippen LogP contribution in [0.3, 0.4) is 0 Å². The summed E-state index contributed by atoms with van der Waals surface area (Å²) in [6.45, 7) is 15.6. The van der Waals surface area contributed by atoms with Gasteiger partial charge in [-0.2, -0.15) is 0 Å². The summed E-state index contributed by atoms with van der Waals surface area (Å²) in [6.07, 6.45) is 12.6. The zero-order chi connectivity index (χ0) is 36.3. The van der Waals surface area contributed by atoms with Crippen LogP contribution in [0, 0.1) is 23.2 Å². The topological polar surface area (TPSA) is 127 Å². The lowest BCUT2D eigenvalue weighted by Gasteiger charge is -2.49. The molecule has 0 aromatic carbocycles. The first-order valence-corrected chi connectivity index (χ1v) is 19.8. The van der Waals surface area contributed by atoms with E-state index >= 15 is 0 Å². The molecule has 9 heteroatoms. The minimum absolute atomic E-state index is 0.00152. The van der Waals surface area contributed by atoms with Gasteiger partial charge in [-0.1, -0.05) is 37.6 Å². The summed E-state index contributed by atoms with van der Waals surface area (Å²) >= 11 is 0. The van der Waals surface area contributed by atoms with Crippen molar-refractivity contribution in [3.63, 3.8) is 0 Å². The van der Waals surface area contributed by atoms with Gasteiger partial charge < -0.3 is 34.3 Å². The van der Waals surface area contributed by atoms with Crippen molar-refractivity contribution in [3.8, 4) is 0 Å². The third kappa shape index (κ3) is 6.67. The average Bonchev–Trinajstić information content (AvgIpc) is 3.75. The number of cyclic esters (lactones) is 1. The van der Waals surface area contributed by atoms with E-state index in [-0.39, 0.29) is 35.6 Å². The van der Waals surface area contributed by atoms with E-state index in [1.807, 2.05) is 19.9 Å². The Morgan fingerprint density at radius 3 is 2.49 bits per heavy atom.